The average molecular weight is 156 g/mol. The molecule has 0 radical (unpaired) electrons. The predicted molar refractivity (Wildman–Crippen MR) is 43.6 cm³/mol. The molecule has 0 bridgehead atoms. The maximum absolute atomic E-state index is 5.61. The summed E-state index contributed by atoms with van der Waals surface area (Å²) in [4.78, 5) is 0. The Morgan fingerprint density at radius 3 is 3.18 bits per heavy atom. The standard InChI is InChI=1S/C8H16N2O/c1-6-4-7-8(5-10-6)11-3-2-9-7/h6-10H,2-5H2,1H3. The molecule has 3 atom stereocenters. The lowest BCUT2D eigenvalue weighted by Crippen LogP contribution is -2.59. The Balaban J connectivity index is 1.93. The Labute approximate surface area is 67.5 Å². The Morgan fingerprint density at radius 2 is 2.27 bits per heavy atom. The van der Waals surface area contributed by atoms with E-state index in [2.05, 4.69) is 17.6 Å². The van der Waals surface area contributed by atoms with Gasteiger partial charge in [-0.15, -0.1) is 0 Å². The largest absolute Gasteiger partial charge is 0.374 e. The molecule has 2 aliphatic heterocycles. The highest BCUT2D eigenvalue weighted by atomic mass is 16.5. The van der Waals surface area contributed by atoms with E-state index in [1.54, 1.807) is 0 Å². The van der Waals surface area contributed by atoms with Crippen molar-refractivity contribution in [2.75, 3.05) is 19.7 Å². The fraction of sp³-hybridized carbons (Fsp3) is 1.00. The fourth-order valence-electron chi connectivity index (χ4n) is 1.92. The molecule has 2 fully saturated rings. The molecule has 0 spiro atoms. The summed E-state index contributed by atoms with van der Waals surface area (Å²) in [6.45, 7) is 5.14. The van der Waals surface area contributed by atoms with Gasteiger partial charge in [-0.25, -0.2) is 0 Å². The zero-order valence-electron chi connectivity index (χ0n) is 6.97. The minimum Gasteiger partial charge on any atom is -0.374 e. The van der Waals surface area contributed by atoms with Crippen molar-refractivity contribution in [1.82, 2.24) is 10.6 Å². The second-order valence-electron chi connectivity index (χ2n) is 3.51. The van der Waals surface area contributed by atoms with E-state index in [0.29, 0.717) is 18.2 Å². The molecule has 2 saturated heterocycles. The molecule has 64 valence electrons. The molecule has 2 rings (SSSR count). The molecule has 2 aliphatic rings. The van der Waals surface area contributed by atoms with Gasteiger partial charge in [0.25, 0.3) is 0 Å². The van der Waals surface area contributed by atoms with Crippen LogP contribution in [-0.2, 0) is 4.74 Å². The molecule has 3 unspecified atom stereocenters. The van der Waals surface area contributed by atoms with Crippen LogP contribution < -0.4 is 10.6 Å². The molecule has 2 N–H and O–H groups in total. The number of piperidine rings is 1. The third-order valence-electron chi connectivity index (χ3n) is 2.56. The number of nitrogens with one attached hydrogen (secondary N) is 2. The van der Waals surface area contributed by atoms with E-state index >= 15 is 0 Å². The topological polar surface area (TPSA) is 33.3 Å². The van der Waals surface area contributed by atoms with Crippen LogP contribution in [0.3, 0.4) is 0 Å². The van der Waals surface area contributed by atoms with E-state index in [9.17, 15) is 0 Å². The van der Waals surface area contributed by atoms with Gasteiger partial charge in [0, 0.05) is 25.2 Å². The minimum absolute atomic E-state index is 0.417. The van der Waals surface area contributed by atoms with Crippen molar-refractivity contribution in [2.24, 2.45) is 0 Å². The molecule has 0 aromatic heterocycles. The Kier molecular flexibility index (Phi) is 2.11. The van der Waals surface area contributed by atoms with Gasteiger partial charge < -0.3 is 15.4 Å². The van der Waals surface area contributed by atoms with Crippen LogP contribution in [0.5, 0.6) is 0 Å². The zero-order chi connectivity index (χ0) is 7.68. The normalized spacial score (nSPS) is 45.0. The quantitative estimate of drug-likeness (QED) is 0.506. The summed E-state index contributed by atoms with van der Waals surface area (Å²) in [7, 11) is 0. The Morgan fingerprint density at radius 1 is 1.36 bits per heavy atom. The number of hydrogen-bond donors (Lipinski definition) is 2. The van der Waals surface area contributed by atoms with E-state index in [1.165, 1.54) is 6.42 Å². The van der Waals surface area contributed by atoms with E-state index in [4.69, 9.17) is 4.74 Å². The molecule has 11 heavy (non-hydrogen) atoms. The summed E-state index contributed by atoms with van der Waals surface area (Å²) < 4.78 is 5.61. The molecule has 2 heterocycles. The van der Waals surface area contributed by atoms with Crippen LogP contribution in [0.25, 0.3) is 0 Å². The number of fused-ring (bicyclic) bond motifs is 1. The second kappa shape index (κ2) is 3.09. The number of hydrogen-bond acceptors (Lipinski definition) is 3. The monoisotopic (exact) mass is 156 g/mol. The van der Waals surface area contributed by atoms with Crippen molar-refractivity contribution < 1.29 is 4.74 Å². The van der Waals surface area contributed by atoms with Crippen LogP contribution >= 0.6 is 0 Å². The molecular weight excluding hydrogens is 140 g/mol. The lowest BCUT2D eigenvalue weighted by atomic mass is 9.97. The van der Waals surface area contributed by atoms with E-state index < -0.39 is 0 Å². The average Bonchev–Trinajstić information content (AvgIpc) is 2.04. The molecule has 3 nitrogen and oxygen atoms in total. The van der Waals surface area contributed by atoms with Crippen molar-refractivity contribution in [3.63, 3.8) is 0 Å². The Bertz CT molecular complexity index is 140. The molecule has 0 aliphatic carbocycles. The summed E-state index contributed by atoms with van der Waals surface area (Å²) in [5, 5.41) is 6.90. The van der Waals surface area contributed by atoms with Gasteiger partial charge in [-0.2, -0.15) is 0 Å². The summed E-state index contributed by atoms with van der Waals surface area (Å²) in [5.74, 6) is 0. The van der Waals surface area contributed by atoms with Gasteiger partial charge in [-0.1, -0.05) is 0 Å². The lowest BCUT2D eigenvalue weighted by molar-refractivity contribution is -0.0217. The first kappa shape index (κ1) is 7.53. The SMILES string of the molecule is CC1CC2NCCOC2CN1. The van der Waals surface area contributed by atoms with Gasteiger partial charge in [-0.3, -0.25) is 0 Å². The van der Waals surface area contributed by atoms with E-state index in [1.807, 2.05) is 0 Å². The summed E-state index contributed by atoms with van der Waals surface area (Å²) in [6.07, 6.45) is 1.62. The van der Waals surface area contributed by atoms with Gasteiger partial charge in [0.05, 0.1) is 12.7 Å². The minimum atomic E-state index is 0.417. The first-order valence-corrected chi connectivity index (χ1v) is 4.44. The molecule has 0 aromatic rings. The first-order chi connectivity index (χ1) is 5.36. The van der Waals surface area contributed by atoms with Crippen molar-refractivity contribution in [1.29, 1.82) is 0 Å². The summed E-state index contributed by atoms with van der Waals surface area (Å²) in [5.41, 5.74) is 0. The molecule has 0 saturated carbocycles. The molecule has 0 amide bonds. The highest BCUT2D eigenvalue weighted by molar-refractivity contribution is 4.90. The van der Waals surface area contributed by atoms with Crippen molar-refractivity contribution in [3.05, 3.63) is 0 Å². The smallest absolute Gasteiger partial charge is 0.0853 e. The third-order valence-corrected chi connectivity index (χ3v) is 2.56. The van der Waals surface area contributed by atoms with Crippen LogP contribution in [0.2, 0.25) is 0 Å². The van der Waals surface area contributed by atoms with Crippen LogP contribution in [0.4, 0.5) is 0 Å². The van der Waals surface area contributed by atoms with Crippen molar-refractivity contribution in [2.45, 2.75) is 31.5 Å². The third kappa shape index (κ3) is 1.55. The maximum Gasteiger partial charge on any atom is 0.0853 e. The summed E-state index contributed by atoms with van der Waals surface area (Å²) >= 11 is 0. The van der Waals surface area contributed by atoms with E-state index in [0.717, 1.165) is 19.7 Å². The lowest BCUT2D eigenvalue weighted by Gasteiger charge is -2.39. The molecule has 3 heteroatoms. The molecule has 0 aromatic carbocycles. The van der Waals surface area contributed by atoms with Gasteiger partial charge in [0.15, 0.2) is 0 Å². The number of rotatable bonds is 0. The fourth-order valence-corrected chi connectivity index (χ4v) is 1.92. The first-order valence-electron chi connectivity index (χ1n) is 4.44. The van der Waals surface area contributed by atoms with Gasteiger partial charge in [0.2, 0.25) is 0 Å². The van der Waals surface area contributed by atoms with Crippen LogP contribution in [0.15, 0.2) is 0 Å². The van der Waals surface area contributed by atoms with E-state index in [-0.39, 0.29) is 0 Å². The molecular formula is C8H16N2O. The van der Waals surface area contributed by atoms with Gasteiger partial charge in [-0.05, 0) is 13.3 Å². The van der Waals surface area contributed by atoms with Crippen LogP contribution in [0, 0.1) is 0 Å². The highest BCUT2D eigenvalue weighted by Crippen LogP contribution is 2.14. The van der Waals surface area contributed by atoms with Crippen LogP contribution in [-0.4, -0.2) is 37.9 Å². The maximum atomic E-state index is 5.61. The number of ether oxygens (including phenoxy) is 1. The van der Waals surface area contributed by atoms with Crippen LogP contribution in [0.1, 0.15) is 13.3 Å². The summed E-state index contributed by atoms with van der Waals surface area (Å²) in [6, 6.07) is 1.24. The van der Waals surface area contributed by atoms with Gasteiger partial charge in [0.1, 0.15) is 0 Å². The highest BCUT2D eigenvalue weighted by Gasteiger charge is 2.30. The predicted octanol–water partition coefficient (Wildman–Crippen LogP) is -0.275. The van der Waals surface area contributed by atoms with Gasteiger partial charge >= 0.3 is 0 Å². The van der Waals surface area contributed by atoms with Crippen molar-refractivity contribution in [3.8, 4) is 0 Å². The zero-order valence-corrected chi connectivity index (χ0v) is 6.97. The second-order valence-corrected chi connectivity index (χ2v) is 3.51. The number of morpholine rings is 1. The Hall–Kier alpha value is -0.120. The van der Waals surface area contributed by atoms with Crippen molar-refractivity contribution >= 4 is 0 Å².